The number of benzene rings is 1. The molecule has 0 aliphatic carbocycles. The first-order valence-corrected chi connectivity index (χ1v) is 7.42. The van der Waals surface area contributed by atoms with E-state index in [9.17, 15) is 13.9 Å². The van der Waals surface area contributed by atoms with E-state index in [0.717, 1.165) is 19.4 Å². The molecule has 0 spiro atoms. The molecule has 118 valence electrons. The predicted octanol–water partition coefficient (Wildman–Crippen LogP) is 2.24. The molecule has 5 heteroatoms. The number of hydrogen-bond acceptors (Lipinski definition) is 3. The number of rotatable bonds is 4. The molecule has 1 N–H and O–H groups in total. The van der Waals surface area contributed by atoms with Gasteiger partial charge in [-0.05, 0) is 52.0 Å². The van der Waals surface area contributed by atoms with Crippen LogP contribution in [0.5, 0.6) is 0 Å². The van der Waals surface area contributed by atoms with Gasteiger partial charge >= 0.3 is 0 Å². The second-order valence-corrected chi connectivity index (χ2v) is 6.29. The molecule has 1 aliphatic heterocycles. The molecule has 1 fully saturated rings. The average molecular weight is 298 g/mol. The van der Waals surface area contributed by atoms with Crippen LogP contribution >= 0.6 is 0 Å². The highest BCUT2D eigenvalue weighted by atomic mass is 19.1. The summed E-state index contributed by atoms with van der Waals surface area (Å²) in [5.41, 5.74) is -0.581. The van der Waals surface area contributed by atoms with Crippen molar-refractivity contribution in [2.75, 3.05) is 33.7 Å². The van der Waals surface area contributed by atoms with Gasteiger partial charge in [-0.3, -0.25) is 4.90 Å². The number of hydrogen-bond donors (Lipinski definition) is 1. The number of likely N-dealkylation sites (N-methyl/N-ethyl adjacent to an activating group) is 1. The quantitative estimate of drug-likeness (QED) is 0.923. The van der Waals surface area contributed by atoms with Gasteiger partial charge < -0.3 is 10.0 Å². The van der Waals surface area contributed by atoms with Crippen LogP contribution in [-0.2, 0) is 6.54 Å². The SMILES string of the molecule is CN(C)C[C@@]1(O)CCCN(Cc2c(F)cccc2F)CC1. The minimum absolute atomic E-state index is 0.121. The highest BCUT2D eigenvalue weighted by molar-refractivity contribution is 5.19. The molecule has 1 aromatic carbocycles. The maximum atomic E-state index is 13.7. The molecule has 21 heavy (non-hydrogen) atoms. The van der Waals surface area contributed by atoms with Crippen molar-refractivity contribution in [3.05, 3.63) is 35.4 Å². The van der Waals surface area contributed by atoms with Crippen LogP contribution in [0.3, 0.4) is 0 Å². The maximum Gasteiger partial charge on any atom is 0.130 e. The van der Waals surface area contributed by atoms with E-state index in [1.165, 1.54) is 18.2 Å². The van der Waals surface area contributed by atoms with Crippen molar-refractivity contribution in [1.29, 1.82) is 0 Å². The molecule has 0 unspecified atom stereocenters. The monoisotopic (exact) mass is 298 g/mol. The highest BCUT2D eigenvalue weighted by Crippen LogP contribution is 2.24. The van der Waals surface area contributed by atoms with E-state index in [1.54, 1.807) is 0 Å². The van der Waals surface area contributed by atoms with E-state index in [1.807, 2.05) is 23.9 Å². The summed E-state index contributed by atoms with van der Waals surface area (Å²) in [7, 11) is 3.88. The van der Waals surface area contributed by atoms with Gasteiger partial charge in [0.05, 0.1) is 5.60 Å². The summed E-state index contributed by atoms with van der Waals surface area (Å²) in [5, 5.41) is 10.6. The molecule has 2 rings (SSSR count). The van der Waals surface area contributed by atoms with Gasteiger partial charge in [0.2, 0.25) is 0 Å². The fourth-order valence-corrected chi connectivity index (χ4v) is 3.05. The summed E-state index contributed by atoms with van der Waals surface area (Å²) in [6.07, 6.45) is 2.18. The average Bonchev–Trinajstić information content (AvgIpc) is 2.55. The minimum atomic E-state index is -0.702. The van der Waals surface area contributed by atoms with E-state index >= 15 is 0 Å². The molecule has 3 nitrogen and oxygen atoms in total. The predicted molar refractivity (Wildman–Crippen MR) is 79.0 cm³/mol. The Morgan fingerprint density at radius 1 is 1.19 bits per heavy atom. The Morgan fingerprint density at radius 2 is 1.86 bits per heavy atom. The van der Waals surface area contributed by atoms with Gasteiger partial charge in [-0.25, -0.2) is 8.78 Å². The summed E-state index contributed by atoms with van der Waals surface area (Å²) in [4.78, 5) is 4.00. The van der Waals surface area contributed by atoms with E-state index in [-0.39, 0.29) is 12.1 Å². The lowest BCUT2D eigenvalue weighted by Crippen LogP contribution is -2.40. The second-order valence-electron chi connectivity index (χ2n) is 6.29. The van der Waals surface area contributed by atoms with Gasteiger partial charge in [0, 0.05) is 25.2 Å². The molecule has 1 heterocycles. The van der Waals surface area contributed by atoms with E-state index < -0.39 is 17.2 Å². The van der Waals surface area contributed by atoms with E-state index in [2.05, 4.69) is 0 Å². The van der Waals surface area contributed by atoms with Crippen molar-refractivity contribution < 1.29 is 13.9 Å². The van der Waals surface area contributed by atoms with Gasteiger partial charge in [-0.2, -0.15) is 0 Å². The zero-order valence-electron chi connectivity index (χ0n) is 12.8. The fourth-order valence-electron chi connectivity index (χ4n) is 3.05. The third kappa shape index (κ3) is 4.46. The molecular formula is C16H24F2N2O. The number of aliphatic hydroxyl groups is 1. The van der Waals surface area contributed by atoms with Crippen LogP contribution in [0.2, 0.25) is 0 Å². The van der Waals surface area contributed by atoms with Crippen LogP contribution in [0.4, 0.5) is 8.78 Å². The Bertz CT molecular complexity index is 461. The second kappa shape index (κ2) is 6.81. The van der Waals surface area contributed by atoms with Crippen LogP contribution in [0, 0.1) is 11.6 Å². The molecule has 1 atom stereocenters. The molecule has 1 saturated heterocycles. The number of likely N-dealkylation sites (tertiary alicyclic amines) is 1. The first-order valence-electron chi connectivity index (χ1n) is 7.42. The largest absolute Gasteiger partial charge is 0.389 e. The van der Waals surface area contributed by atoms with Crippen LogP contribution in [0.1, 0.15) is 24.8 Å². The van der Waals surface area contributed by atoms with Gasteiger partial charge in [-0.1, -0.05) is 6.07 Å². The van der Waals surface area contributed by atoms with Gasteiger partial charge in [0.25, 0.3) is 0 Å². The van der Waals surface area contributed by atoms with Crippen molar-refractivity contribution in [2.45, 2.75) is 31.4 Å². The normalized spacial score (nSPS) is 24.3. The van der Waals surface area contributed by atoms with Crippen molar-refractivity contribution >= 4 is 0 Å². The van der Waals surface area contributed by atoms with Crippen LogP contribution in [-0.4, -0.2) is 54.2 Å². The minimum Gasteiger partial charge on any atom is -0.389 e. The summed E-state index contributed by atoms with van der Waals surface area (Å²) in [5.74, 6) is -0.995. The van der Waals surface area contributed by atoms with Gasteiger partial charge in [-0.15, -0.1) is 0 Å². The zero-order chi connectivity index (χ0) is 15.5. The summed E-state index contributed by atoms with van der Waals surface area (Å²) < 4.78 is 27.4. The Balaban J connectivity index is 2.00. The summed E-state index contributed by atoms with van der Waals surface area (Å²) in [6.45, 7) is 2.28. The van der Waals surface area contributed by atoms with Crippen molar-refractivity contribution in [2.24, 2.45) is 0 Å². The summed E-state index contributed by atoms with van der Waals surface area (Å²) >= 11 is 0. The smallest absolute Gasteiger partial charge is 0.130 e. The van der Waals surface area contributed by atoms with Gasteiger partial charge in [0.1, 0.15) is 11.6 Å². The van der Waals surface area contributed by atoms with E-state index in [4.69, 9.17) is 0 Å². The van der Waals surface area contributed by atoms with Gasteiger partial charge in [0.15, 0.2) is 0 Å². The maximum absolute atomic E-state index is 13.7. The first-order chi connectivity index (χ1) is 9.89. The third-order valence-corrected chi connectivity index (χ3v) is 4.06. The molecule has 1 aromatic rings. The third-order valence-electron chi connectivity index (χ3n) is 4.06. The van der Waals surface area contributed by atoms with Crippen LogP contribution in [0.25, 0.3) is 0 Å². The van der Waals surface area contributed by atoms with Crippen LogP contribution < -0.4 is 0 Å². The molecule has 0 saturated carbocycles. The molecule has 0 radical (unpaired) electrons. The standard InChI is InChI=1S/C16H24F2N2O/c1-19(2)12-16(21)7-4-9-20(10-8-16)11-13-14(17)5-3-6-15(13)18/h3,5-6,21H,4,7-12H2,1-2H3/t16-/m1/s1. The van der Waals surface area contributed by atoms with Crippen LogP contribution in [0.15, 0.2) is 18.2 Å². The lowest BCUT2D eigenvalue weighted by atomic mass is 9.94. The molecular weight excluding hydrogens is 274 g/mol. The van der Waals surface area contributed by atoms with Crippen molar-refractivity contribution in [3.63, 3.8) is 0 Å². The lowest BCUT2D eigenvalue weighted by Gasteiger charge is -2.30. The van der Waals surface area contributed by atoms with Crippen molar-refractivity contribution in [3.8, 4) is 0 Å². The molecule has 1 aliphatic rings. The zero-order valence-corrected chi connectivity index (χ0v) is 12.8. The Morgan fingerprint density at radius 3 is 2.48 bits per heavy atom. The van der Waals surface area contributed by atoms with Crippen molar-refractivity contribution in [1.82, 2.24) is 9.80 Å². The highest BCUT2D eigenvalue weighted by Gasteiger charge is 2.31. The Kier molecular flexibility index (Phi) is 5.30. The molecule has 0 aromatic heterocycles. The Hall–Kier alpha value is -1.04. The lowest BCUT2D eigenvalue weighted by molar-refractivity contribution is 0.00255. The first kappa shape index (κ1) is 16.3. The fraction of sp³-hybridized carbons (Fsp3) is 0.625. The Labute approximate surface area is 125 Å². The molecule has 0 amide bonds. The number of halogens is 2. The topological polar surface area (TPSA) is 26.7 Å². The number of nitrogens with zero attached hydrogens (tertiary/aromatic N) is 2. The van der Waals surface area contributed by atoms with E-state index in [0.29, 0.717) is 19.5 Å². The summed E-state index contributed by atoms with van der Waals surface area (Å²) in [6, 6.07) is 3.96. The molecule has 0 bridgehead atoms.